The smallest absolute Gasteiger partial charge is 0.224 e. The molecule has 4 nitrogen and oxygen atoms in total. The minimum absolute atomic E-state index is 0.0760. The van der Waals surface area contributed by atoms with Crippen LogP contribution in [-0.2, 0) is 9.53 Å². The van der Waals surface area contributed by atoms with Gasteiger partial charge in [0, 0.05) is 25.6 Å². The first-order chi connectivity index (χ1) is 7.49. The van der Waals surface area contributed by atoms with Crippen LogP contribution in [0.5, 0.6) is 0 Å². The summed E-state index contributed by atoms with van der Waals surface area (Å²) >= 11 is 5.06. The number of piperidine rings is 1. The van der Waals surface area contributed by atoms with Gasteiger partial charge in [0.15, 0.2) is 0 Å². The average Bonchev–Trinajstić information content (AvgIpc) is 2.26. The number of amides is 1. The van der Waals surface area contributed by atoms with E-state index in [1.54, 1.807) is 7.11 Å². The van der Waals surface area contributed by atoms with E-state index in [9.17, 15) is 4.79 Å². The van der Waals surface area contributed by atoms with Crippen LogP contribution in [-0.4, -0.2) is 42.6 Å². The summed E-state index contributed by atoms with van der Waals surface area (Å²) in [5.74, 6) is 0.159. The van der Waals surface area contributed by atoms with Gasteiger partial charge >= 0.3 is 0 Å². The molecule has 2 N–H and O–H groups in total. The zero-order valence-corrected chi connectivity index (χ0v) is 10.8. The largest absolute Gasteiger partial charge is 0.393 e. The minimum Gasteiger partial charge on any atom is -0.393 e. The molecule has 16 heavy (non-hydrogen) atoms. The Kier molecular flexibility index (Phi) is 4.68. The van der Waals surface area contributed by atoms with Gasteiger partial charge in [-0.05, 0) is 12.8 Å². The molecular weight excluding hydrogens is 224 g/mol. The Bertz CT molecular complexity index is 273. The molecule has 5 heteroatoms. The molecule has 92 valence electrons. The van der Waals surface area contributed by atoms with E-state index in [2.05, 4.69) is 6.92 Å². The number of ether oxygens (including phenoxy) is 1. The molecule has 1 fully saturated rings. The molecule has 0 bridgehead atoms. The first kappa shape index (κ1) is 13.4. The second-order valence-electron chi connectivity index (χ2n) is 4.55. The number of nitrogens with zero attached hydrogens (tertiary/aromatic N) is 1. The van der Waals surface area contributed by atoms with Gasteiger partial charge in [0.05, 0.1) is 18.0 Å². The number of nitrogens with two attached hydrogens (primary N) is 1. The van der Waals surface area contributed by atoms with Crippen molar-refractivity contribution in [2.45, 2.75) is 26.2 Å². The quantitative estimate of drug-likeness (QED) is 0.748. The van der Waals surface area contributed by atoms with Crippen molar-refractivity contribution in [3.8, 4) is 0 Å². The van der Waals surface area contributed by atoms with E-state index in [1.807, 2.05) is 4.90 Å². The molecule has 1 heterocycles. The molecule has 1 aliphatic heterocycles. The normalized spacial score (nSPS) is 19.5. The highest BCUT2D eigenvalue weighted by Gasteiger charge is 2.33. The number of methoxy groups -OCH3 is 1. The van der Waals surface area contributed by atoms with Crippen LogP contribution in [0.2, 0.25) is 0 Å². The zero-order chi connectivity index (χ0) is 12.2. The van der Waals surface area contributed by atoms with E-state index in [4.69, 9.17) is 22.7 Å². The van der Waals surface area contributed by atoms with E-state index in [0.29, 0.717) is 18.0 Å². The lowest BCUT2D eigenvalue weighted by molar-refractivity contribution is -0.133. The monoisotopic (exact) mass is 244 g/mol. The number of likely N-dealkylation sites (tertiary alicyclic amines) is 1. The Morgan fingerprint density at radius 3 is 2.50 bits per heavy atom. The van der Waals surface area contributed by atoms with Crippen molar-refractivity contribution < 1.29 is 9.53 Å². The van der Waals surface area contributed by atoms with Gasteiger partial charge in [-0.15, -0.1) is 0 Å². The lowest BCUT2D eigenvalue weighted by atomic mass is 9.80. The van der Waals surface area contributed by atoms with Gasteiger partial charge < -0.3 is 15.4 Å². The Morgan fingerprint density at radius 1 is 1.50 bits per heavy atom. The van der Waals surface area contributed by atoms with Crippen molar-refractivity contribution in [3.63, 3.8) is 0 Å². The second-order valence-corrected chi connectivity index (χ2v) is 4.99. The van der Waals surface area contributed by atoms with E-state index in [1.165, 1.54) is 0 Å². The van der Waals surface area contributed by atoms with Crippen LogP contribution in [0.3, 0.4) is 0 Å². The summed E-state index contributed by atoms with van der Waals surface area (Å²) in [5, 5.41) is 0. The Morgan fingerprint density at radius 2 is 2.06 bits per heavy atom. The number of rotatable bonds is 4. The third kappa shape index (κ3) is 3.15. The number of carbonyl (C=O) groups is 1. The van der Waals surface area contributed by atoms with Gasteiger partial charge in [0.2, 0.25) is 5.91 Å². The van der Waals surface area contributed by atoms with Crippen LogP contribution < -0.4 is 5.73 Å². The lowest BCUT2D eigenvalue weighted by Crippen LogP contribution is -2.46. The van der Waals surface area contributed by atoms with Crippen LogP contribution >= 0.6 is 12.2 Å². The fourth-order valence-corrected chi connectivity index (χ4v) is 2.05. The SMILES string of the molecule is COCCC(=O)N1CCC(C)(C(N)=S)CC1. The molecule has 0 spiro atoms. The third-order valence-corrected chi connectivity index (χ3v) is 3.83. The maximum absolute atomic E-state index is 11.7. The summed E-state index contributed by atoms with van der Waals surface area (Å²) < 4.78 is 4.89. The lowest BCUT2D eigenvalue weighted by Gasteiger charge is -2.38. The number of hydrogen-bond donors (Lipinski definition) is 1. The predicted octanol–water partition coefficient (Wildman–Crippen LogP) is 0.938. The molecule has 1 saturated heterocycles. The maximum Gasteiger partial charge on any atom is 0.224 e. The molecule has 0 radical (unpaired) electrons. The number of thiocarbonyl (C=S) groups is 1. The number of hydrogen-bond acceptors (Lipinski definition) is 3. The van der Waals surface area contributed by atoms with Crippen LogP contribution in [0, 0.1) is 5.41 Å². The summed E-state index contributed by atoms with van der Waals surface area (Å²) in [5.41, 5.74) is 5.64. The summed E-state index contributed by atoms with van der Waals surface area (Å²) in [4.78, 5) is 14.2. The second kappa shape index (κ2) is 5.59. The predicted molar refractivity (Wildman–Crippen MR) is 67.2 cm³/mol. The van der Waals surface area contributed by atoms with Crippen molar-refractivity contribution >= 4 is 23.1 Å². The van der Waals surface area contributed by atoms with Crippen LogP contribution in [0.25, 0.3) is 0 Å². The van der Waals surface area contributed by atoms with Crippen molar-refractivity contribution in [1.82, 2.24) is 4.90 Å². The van der Waals surface area contributed by atoms with E-state index in [0.717, 1.165) is 25.9 Å². The van der Waals surface area contributed by atoms with Crippen molar-refractivity contribution in [1.29, 1.82) is 0 Å². The van der Waals surface area contributed by atoms with Gasteiger partial charge in [0.25, 0.3) is 0 Å². The Labute approximate surface area is 102 Å². The van der Waals surface area contributed by atoms with Gasteiger partial charge in [-0.1, -0.05) is 19.1 Å². The average molecular weight is 244 g/mol. The topological polar surface area (TPSA) is 55.6 Å². The Balaban J connectivity index is 2.42. The van der Waals surface area contributed by atoms with E-state index >= 15 is 0 Å². The molecule has 0 aromatic heterocycles. The molecule has 1 rings (SSSR count). The highest BCUT2D eigenvalue weighted by atomic mass is 32.1. The minimum atomic E-state index is -0.0760. The Hall–Kier alpha value is -0.680. The maximum atomic E-state index is 11.7. The van der Waals surface area contributed by atoms with Crippen molar-refractivity contribution in [2.75, 3.05) is 26.8 Å². The third-order valence-electron chi connectivity index (χ3n) is 3.33. The highest BCUT2D eigenvalue weighted by molar-refractivity contribution is 7.80. The van der Waals surface area contributed by atoms with Crippen LogP contribution in [0.1, 0.15) is 26.2 Å². The van der Waals surface area contributed by atoms with Gasteiger partial charge in [-0.3, -0.25) is 4.79 Å². The molecular formula is C11H20N2O2S. The molecule has 0 atom stereocenters. The first-order valence-corrected chi connectivity index (χ1v) is 5.97. The van der Waals surface area contributed by atoms with Gasteiger partial charge in [-0.2, -0.15) is 0 Å². The van der Waals surface area contributed by atoms with Crippen molar-refractivity contribution in [2.24, 2.45) is 11.1 Å². The molecule has 1 aliphatic rings. The summed E-state index contributed by atoms with van der Waals surface area (Å²) in [6, 6.07) is 0. The molecule has 0 aliphatic carbocycles. The highest BCUT2D eigenvalue weighted by Crippen LogP contribution is 2.31. The summed E-state index contributed by atoms with van der Waals surface area (Å²) in [6.45, 7) is 4.06. The molecule has 0 aromatic rings. The van der Waals surface area contributed by atoms with E-state index < -0.39 is 0 Å². The molecule has 0 saturated carbocycles. The molecule has 1 amide bonds. The fourth-order valence-electron chi connectivity index (χ4n) is 1.84. The standard InChI is InChI=1S/C11H20N2O2S/c1-11(10(12)16)4-6-13(7-5-11)9(14)3-8-15-2/h3-8H2,1-2H3,(H2,12,16). The fraction of sp³-hybridized carbons (Fsp3) is 0.818. The van der Waals surface area contributed by atoms with Gasteiger partial charge in [0.1, 0.15) is 0 Å². The first-order valence-electron chi connectivity index (χ1n) is 5.56. The van der Waals surface area contributed by atoms with Crippen LogP contribution in [0.15, 0.2) is 0 Å². The molecule has 0 unspecified atom stereocenters. The van der Waals surface area contributed by atoms with E-state index in [-0.39, 0.29) is 11.3 Å². The molecule has 0 aromatic carbocycles. The van der Waals surface area contributed by atoms with Gasteiger partial charge in [-0.25, -0.2) is 0 Å². The summed E-state index contributed by atoms with van der Waals surface area (Å²) in [7, 11) is 1.60. The summed E-state index contributed by atoms with van der Waals surface area (Å²) in [6.07, 6.45) is 2.18. The van der Waals surface area contributed by atoms with Crippen molar-refractivity contribution in [3.05, 3.63) is 0 Å². The number of carbonyl (C=O) groups excluding carboxylic acids is 1. The van der Waals surface area contributed by atoms with Crippen LogP contribution in [0.4, 0.5) is 0 Å². The zero-order valence-electron chi connectivity index (χ0n) is 9.99.